The number of hydrogen-bond acceptors (Lipinski definition) is 3. The van der Waals surface area contributed by atoms with Gasteiger partial charge < -0.3 is 10.1 Å². The van der Waals surface area contributed by atoms with Crippen LogP contribution in [0.15, 0.2) is 46.9 Å². The number of rotatable bonds is 4. The van der Waals surface area contributed by atoms with Crippen molar-refractivity contribution in [2.45, 2.75) is 20.0 Å². The van der Waals surface area contributed by atoms with Crippen molar-refractivity contribution < 1.29 is 9.53 Å². The predicted molar refractivity (Wildman–Crippen MR) is 81.8 cm³/mol. The highest BCUT2D eigenvalue weighted by molar-refractivity contribution is 9.10. The number of halogens is 1. The Labute approximate surface area is 126 Å². The standard InChI is InChI=1S/C15H15BrN2O2/c1-10-4-3-5-14(17-10)18-15(19)11(2)20-13-8-6-12(16)7-9-13/h3-9,11H,1-2H3,(H,17,18,19). The van der Waals surface area contributed by atoms with Crippen molar-refractivity contribution in [3.8, 4) is 5.75 Å². The van der Waals surface area contributed by atoms with Crippen LogP contribution in [-0.4, -0.2) is 17.0 Å². The number of nitrogens with zero attached hydrogens (tertiary/aromatic N) is 1. The molecule has 20 heavy (non-hydrogen) atoms. The molecule has 5 heteroatoms. The summed E-state index contributed by atoms with van der Waals surface area (Å²) in [7, 11) is 0. The molecule has 1 unspecified atom stereocenters. The quantitative estimate of drug-likeness (QED) is 0.929. The van der Waals surface area contributed by atoms with Gasteiger partial charge >= 0.3 is 0 Å². The van der Waals surface area contributed by atoms with Crippen molar-refractivity contribution in [2.24, 2.45) is 0 Å². The maximum atomic E-state index is 12.0. The second kappa shape index (κ2) is 6.52. The van der Waals surface area contributed by atoms with Gasteiger partial charge in [-0.3, -0.25) is 4.79 Å². The highest BCUT2D eigenvalue weighted by atomic mass is 79.9. The van der Waals surface area contributed by atoms with Gasteiger partial charge in [0.05, 0.1) is 0 Å². The molecule has 0 spiro atoms. The molecule has 1 heterocycles. The van der Waals surface area contributed by atoms with Crippen LogP contribution >= 0.6 is 15.9 Å². The van der Waals surface area contributed by atoms with Crippen molar-refractivity contribution >= 4 is 27.7 Å². The highest BCUT2D eigenvalue weighted by Crippen LogP contribution is 2.17. The van der Waals surface area contributed by atoms with Gasteiger partial charge in [-0.05, 0) is 50.2 Å². The Morgan fingerprint density at radius 3 is 2.60 bits per heavy atom. The van der Waals surface area contributed by atoms with E-state index in [0.29, 0.717) is 11.6 Å². The molecule has 0 bridgehead atoms. The Kier molecular flexibility index (Phi) is 4.74. The summed E-state index contributed by atoms with van der Waals surface area (Å²) in [5.74, 6) is 0.945. The minimum atomic E-state index is -0.599. The van der Waals surface area contributed by atoms with Gasteiger partial charge in [-0.2, -0.15) is 0 Å². The summed E-state index contributed by atoms with van der Waals surface area (Å²) in [6, 6.07) is 12.8. The molecule has 1 amide bonds. The van der Waals surface area contributed by atoms with Crippen LogP contribution in [0.25, 0.3) is 0 Å². The lowest BCUT2D eigenvalue weighted by atomic mass is 10.3. The van der Waals surface area contributed by atoms with Gasteiger partial charge in [-0.25, -0.2) is 4.98 Å². The molecule has 2 aromatic rings. The number of nitrogens with one attached hydrogen (secondary N) is 1. The number of hydrogen-bond donors (Lipinski definition) is 1. The Morgan fingerprint density at radius 2 is 1.95 bits per heavy atom. The molecule has 104 valence electrons. The average molecular weight is 335 g/mol. The summed E-state index contributed by atoms with van der Waals surface area (Å²) in [6.45, 7) is 3.57. The van der Waals surface area contributed by atoms with E-state index in [1.807, 2.05) is 31.2 Å². The molecule has 1 aromatic carbocycles. The highest BCUT2D eigenvalue weighted by Gasteiger charge is 2.15. The molecule has 0 aliphatic rings. The topological polar surface area (TPSA) is 51.2 Å². The van der Waals surface area contributed by atoms with Crippen LogP contribution in [-0.2, 0) is 4.79 Å². The van der Waals surface area contributed by atoms with Gasteiger partial charge in [0.1, 0.15) is 11.6 Å². The van der Waals surface area contributed by atoms with Gasteiger partial charge in [0, 0.05) is 10.2 Å². The summed E-state index contributed by atoms with van der Waals surface area (Å²) >= 11 is 3.35. The number of anilines is 1. The van der Waals surface area contributed by atoms with Crippen LogP contribution < -0.4 is 10.1 Å². The first-order valence-electron chi connectivity index (χ1n) is 6.21. The number of carbonyl (C=O) groups excluding carboxylic acids is 1. The normalized spacial score (nSPS) is 11.8. The molecular formula is C15H15BrN2O2. The van der Waals surface area contributed by atoms with E-state index >= 15 is 0 Å². The molecule has 0 saturated carbocycles. The zero-order chi connectivity index (χ0) is 14.5. The van der Waals surface area contributed by atoms with E-state index in [1.54, 1.807) is 25.1 Å². The number of carbonyl (C=O) groups is 1. The predicted octanol–water partition coefficient (Wildman–Crippen LogP) is 3.56. The van der Waals surface area contributed by atoms with E-state index in [-0.39, 0.29) is 5.91 Å². The fourth-order valence-electron chi connectivity index (χ4n) is 1.61. The van der Waals surface area contributed by atoms with Crippen LogP contribution in [0.5, 0.6) is 5.75 Å². The zero-order valence-corrected chi connectivity index (χ0v) is 12.8. The lowest BCUT2D eigenvalue weighted by molar-refractivity contribution is -0.122. The van der Waals surface area contributed by atoms with Crippen molar-refractivity contribution in [3.05, 3.63) is 52.6 Å². The SMILES string of the molecule is Cc1cccc(NC(=O)C(C)Oc2ccc(Br)cc2)n1. The second-order valence-corrected chi connectivity index (χ2v) is 5.28. The molecule has 2 rings (SSSR count). The zero-order valence-electron chi connectivity index (χ0n) is 11.3. The number of benzene rings is 1. The summed E-state index contributed by atoms with van der Waals surface area (Å²) in [6.07, 6.45) is -0.599. The van der Waals surface area contributed by atoms with E-state index in [1.165, 1.54) is 0 Å². The smallest absolute Gasteiger partial charge is 0.266 e. The Morgan fingerprint density at radius 1 is 1.25 bits per heavy atom. The molecule has 1 aromatic heterocycles. The Balaban J connectivity index is 1.96. The fraction of sp³-hybridized carbons (Fsp3) is 0.200. The van der Waals surface area contributed by atoms with Crippen molar-refractivity contribution in [2.75, 3.05) is 5.32 Å². The van der Waals surface area contributed by atoms with Crippen LogP contribution in [0.2, 0.25) is 0 Å². The summed E-state index contributed by atoms with van der Waals surface area (Å²) in [4.78, 5) is 16.2. The monoisotopic (exact) mass is 334 g/mol. The van der Waals surface area contributed by atoms with Gasteiger partial charge in [0.2, 0.25) is 0 Å². The van der Waals surface area contributed by atoms with Crippen molar-refractivity contribution in [1.82, 2.24) is 4.98 Å². The van der Waals surface area contributed by atoms with Crippen LogP contribution in [0.1, 0.15) is 12.6 Å². The van der Waals surface area contributed by atoms with E-state index in [9.17, 15) is 4.79 Å². The number of ether oxygens (including phenoxy) is 1. The molecule has 1 atom stereocenters. The number of aryl methyl sites for hydroxylation is 1. The Hall–Kier alpha value is -1.88. The number of aromatic nitrogens is 1. The Bertz CT molecular complexity index is 599. The largest absolute Gasteiger partial charge is 0.481 e. The maximum absolute atomic E-state index is 12.0. The molecule has 1 N–H and O–H groups in total. The van der Waals surface area contributed by atoms with E-state index in [4.69, 9.17) is 4.74 Å². The van der Waals surface area contributed by atoms with Crippen LogP contribution in [0, 0.1) is 6.92 Å². The molecule has 0 aliphatic heterocycles. The van der Waals surface area contributed by atoms with E-state index in [2.05, 4.69) is 26.2 Å². The van der Waals surface area contributed by atoms with Crippen molar-refractivity contribution in [3.63, 3.8) is 0 Å². The van der Waals surface area contributed by atoms with Gasteiger partial charge in [-0.15, -0.1) is 0 Å². The first-order valence-corrected chi connectivity index (χ1v) is 7.00. The third kappa shape index (κ3) is 4.06. The van der Waals surface area contributed by atoms with Gasteiger partial charge in [-0.1, -0.05) is 22.0 Å². The fourth-order valence-corrected chi connectivity index (χ4v) is 1.88. The molecule has 0 fully saturated rings. The number of pyridine rings is 1. The lowest BCUT2D eigenvalue weighted by Crippen LogP contribution is -2.30. The molecular weight excluding hydrogens is 320 g/mol. The molecule has 0 saturated heterocycles. The molecule has 0 aliphatic carbocycles. The van der Waals surface area contributed by atoms with Crippen molar-refractivity contribution in [1.29, 1.82) is 0 Å². The summed E-state index contributed by atoms with van der Waals surface area (Å²) < 4.78 is 6.54. The third-order valence-electron chi connectivity index (χ3n) is 2.64. The van der Waals surface area contributed by atoms with Crippen LogP contribution in [0.3, 0.4) is 0 Å². The third-order valence-corrected chi connectivity index (χ3v) is 3.16. The van der Waals surface area contributed by atoms with E-state index in [0.717, 1.165) is 10.2 Å². The van der Waals surface area contributed by atoms with Gasteiger partial charge in [0.25, 0.3) is 5.91 Å². The second-order valence-electron chi connectivity index (χ2n) is 4.37. The average Bonchev–Trinajstić information content (AvgIpc) is 2.41. The minimum absolute atomic E-state index is 0.231. The molecule has 0 radical (unpaired) electrons. The first kappa shape index (κ1) is 14.5. The first-order chi connectivity index (χ1) is 9.54. The van der Waals surface area contributed by atoms with E-state index < -0.39 is 6.10 Å². The lowest BCUT2D eigenvalue weighted by Gasteiger charge is -2.14. The minimum Gasteiger partial charge on any atom is -0.481 e. The summed E-state index contributed by atoms with van der Waals surface area (Å²) in [5, 5.41) is 2.73. The maximum Gasteiger partial charge on any atom is 0.266 e. The van der Waals surface area contributed by atoms with Gasteiger partial charge in [0.15, 0.2) is 6.10 Å². The summed E-state index contributed by atoms with van der Waals surface area (Å²) in [5.41, 5.74) is 0.851. The number of amides is 1. The molecule has 4 nitrogen and oxygen atoms in total. The van der Waals surface area contributed by atoms with Crippen LogP contribution in [0.4, 0.5) is 5.82 Å².